The van der Waals surface area contributed by atoms with E-state index in [1.165, 1.54) is 5.69 Å². The van der Waals surface area contributed by atoms with Gasteiger partial charge in [0, 0.05) is 24.5 Å². The molecule has 0 aliphatic carbocycles. The number of rotatable bonds is 10. The molecule has 2 aromatic rings. The van der Waals surface area contributed by atoms with E-state index >= 15 is 0 Å². The molecule has 0 aliphatic rings. The van der Waals surface area contributed by atoms with Crippen molar-refractivity contribution < 1.29 is 9.53 Å². The van der Waals surface area contributed by atoms with E-state index in [0.29, 0.717) is 6.61 Å². The Hall–Kier alpha value is -3.02. The Morgan fingerprint density at radius 3 is 2.29 bits per heavy atom. The Kier molecular flexibility index (Phi) is 8.34. The maximum Gasteiger partial charge on any atom is 0.262 e. The molecular weight excluding hydrogens is 352 g/mol. The summed E-state index contributed by atoms with van der Waals surface area (Å²) >= 11 is 0. The molecule has 28 heavy (non-hydrogen) atoms. The lowest BCUT2D eigenvalue weighted by molar-refractivity contribution is -0.121. The number of amides is 1. The predicted molar refractivity (Wildman–Crippen MR) is 116 cm³/mol. The van der Waals surface area contributed by atoms with Crippen molar-refractivity contribution in [3.05, 3.63) is 54.1 Å². The Morgan fingerprint density at radius 2 is 1.71 bits per heavy atom. The van der Waals surface area contributed by atoms with E-state index in [1.54, 1.807) is 13.1 Å². The molecule has 0 radical (unpaired) electrons. The van der Waals surface area contributed by atoms with E-state index < -0.39 is 6.04 Å². The fourth-order valence-corrected chi connectivity index (χ4v) is 2.76. The number of carbonyl (C=O) groups excluding carboxylic acids is 1. The lowest BCUT2D eigenvalue weighted by atomic mass is 10.2. The van der Waals surface area contributed by atoms with Crippen molar-refractivity contribution in [3.8, 4) is 5.75 Å². The van der Waals surface area contributed by atoms with Gasteiger partial charge in [-0.3, -0.25) is 4.79 Å². The molecule has 6 nitrogen and oxygen atoms in total. The highest BCUT2D eigenvalue weighted by molar-refractivity contribution is 5.86. The second-order valence-electron chi connectivity index (χ2n) is 6.32. The van der Waals surface area contributed by atoms with Gasteiger partial charge in [-0.15, -0.1) is 0 Å². The van der Waals surface area contributed by atoms with Gasteiger partial charge in [0.05, 0.1) is 12.8 Å². The topological polar surface area (TPSA) is 66.0 Å². The normalized spacial score (nSPS) is 11.9. The van der Waals surface area contributed by atoms with Crippen LogP contribution in [0.3, 0.4) is 0 Å². The highest BCUT2D eigenvalue weighted by Gasteiger charge is 2.11. The number of hydrazone groups is 1. The van der Waals surface area contributed by atoms with Gasteiger partial charge in [0.1, 0.15) is 11.8 Å². The van der Waals surface area contributed by atoms with Crippen LogP contribution in [0.4, 0.5) is 11.4 Å². The molecule has 0 spiro atoms. The molecule has 0 aromatic heterocycles. The van der Waals surface area contributed by atoms with Gasteiger partial charge in [0.15, 0.2) is 0 Å². The summed E-state index contributed by atoms with van der Waals surface area (Å²) in [5, 5.41) is 7.20. The molecule has 0 aliphatic heterocycles. The molecule has 2 rings (SSSR count). The largest absolute Gasteiger partial charge is 0.494 e. The van der Waals surface area contributed by atoms with E-state index in [0.717, 1.165) is 30.1 Å². The maximum atomic E-state index is 12.2. The van der Waals surface area contributed by atoms with Crippen molar-refractivity contribution in [2.45, 2.75) is 33.7 Å². The number of anilines is 2. The van der Waals surface area contributed by atoms with E-state index in [-0.39, 0.29) is 5.91 Å². The summed E-state index contributed by atoms with van der Waals surface area (Å²) < 4.78 is 5.41. The fraction of sp³-hybridized carbons (Fsp3) is 0.364. The standard InChI is InChI=1S/C22H30N4O2/c1-5-26(6-2)20-12-8-18(9-13-20)16-23-25-22(27)17(4)24-19-10-14-21(15-11-19)28-7-3/h8-17,24H,5-7H2,1-4H3,(H,25,27)/b23-16+. The molecule has 150 valence electrons. The zero-order valence-corrected chi connectivity index (χ0v) is 17.1. The molecule has 0 saturated carbocycles. The molecule has 2 aromatic carbocycles. The number of benzene rings is 2. The Labute approximate surface area is 167 Å². The zero-order valence-electron chi connectivity index (χ0n) is 17.1. The minimum Gasteiger partial charge on any atom is -0.494 e. The number of nitrogens with zero attached hydrogens (tertiary/aromatic N) is 2. The minimum atomic E-state index is -0.417. The van der Waals surface area contributed by atoms with Crippen molar-refractivity contribution in [2.24, 2.45) is 5.10 Å². The van der Waals surface area contributed by atoms with Gasteiger partial charge in [-0.25, -0.2) is 5.43 Å². The Balaban J connectivity index is 1.84. The molecule has 0 heterocycles. The van der Waals surface area contributed by atoms with Crippen LogP contribution in [-0.2, 0) is 4.79 Å². The summed E-state index contributed by atoms with van der Waals surface area (Å²) in [6, 6.07) is 15.2. The maximum absolute atomic E-state index is 12.2. The van der Waals surface area contributed by atoms with E-state index in [1.807, 2.05) is 43.3 Å². The van der Waals surface area contributed by atoms with Crippen LogP contribution < -0.4 is 20.4 Å². The average Bonchev–Trinajstić information content (AvgIpc) is 2.71. The number of ether oxygens (including phenoxy) is 1. The molecule has 1 unspecified atom stereocenters. The molecule has 0 bridgehead atoms. The van der Waals surface area contributed by atoms with Crippen molar-refractivity contribution in [1.29, 1.82) is 0 Å². The quantitative estimate of drug-likeness (QED) is 0.483. The van der Waals surface area contributed by atoms with Crippen LogP contribution in [0.5, 0.6) is 5.75 Å². The van der Waals surface area contributed by atoms with Crippen LogP contribution in [0.15, 0.2) is 53.6 Å². The van der Waals surface area contributed by atoms with Gasteiger partial charge in [-0.1, -0.05) is 12.1 Å². The van der Waals surface area contributed by atoms with Crippen LogP contribution in [0.1, 0.15) is 33.3 Å². The molecule has 1 amide bonds. The number of hydrogen-bond donors (Lipinski definition) is 2. The van der Waals surface area contributed by atoms with Crippen molar-refractivity contribution >= 4 is 23.5 Å². The van der Waals surface area contributed by atoms with Crippen LogP contribution in [0, 0.1) is 0 Å². The third kappa shape index (κ3) is 6.30. The van der Waals surface area contributed by atoms with Crippen LogP contribution >= 0.6 is 0 Å². The van der Waals surface area contributed by atoms with Crippen molar-refractivity contribution in [1.82, 2.24) is 5.43 Å². The Bertz CT molecular complexity index is 753. The summed E-state index contributed by atoms with van der Waals surface area (Å²) in [6.07, 6.45) is 1.65. The van der Waals surface area contributed by atoms with Gasteiger partial charge < -0.3 is 15.0 Å². The molecule has 0 fully saturated rings. The highest BCUT2D eigenvalue weighted by Crippen LogP contribution is 2.16. The third-order valence-electron chi connectivity index (χ3n) is 4.35. The third-order valence-corrected chi connectivity index (χ3v) is 4.35. The lowest BCUT2D eigenvalue weighted by Gasteiger charge is -2.20. The smallest absolute Gasteiger partial charge is 0.262 e. The van der Waals surface area contributed by atoms with E-state index in [9.17, 15) is 4.79 Å². The number of carbonyl (C=O) groups is 1. The monoisotopic (exact) mass is 382 g/mol. The Morgan fingerprint density at radius 1 is 1.07 bits per heavy atom. The first-order valence-electron chi connectivity index (χ1n) is 9.74. The zero-order chi connectivity index (χ0) is 20.4. The van der Waals surface area contributed by atoms with Crippen molar-refractivity contribution in [2.75, 3.05) is 29.9 Å². The molecule has 0 saturated heterocycles. The predicted octanol–water partition coefficient (Wildman–Crippen LogP) is 3.88. The van der Waals surface area contributed by atoms with Crippen LogP contribution in [0.25, 0.3) is 0 Å². The molecule has 2 N–H and O–H groups in total. The second kappa shape index (κ2) is 11.0. The first-order valence-corrected chi connectivity index (χ1v) is 9.74. The first kappa shape index (κ1) is 21.3. The summed E-state index contributed by atoms with van der Waals surface area (Å²) in [5.41, 5.74) is 5.54. The summed E-state index contributed by atoms with van der Waals surface area (Å²) in [4.78, 5) is 14.5. The minimum absolute atomic E-state index is 0.204. The number of nitrogens with one attached hydrogen (secondary N) is 2. The van der Waals surface area contributed by atoms with E-state index in [2.05, 4.69) is 46.7 Å². The molecular formula is C22H30N4O2. The summed E-state index contributed by atoms with van der Waals surface area (Å²) in [7, 11) is 0. The van der Waals surface area contributed by atoms with Gasteiger partial charge in [0.25, 0.3) is 5.91 Å². The average molecular weight is 383 g/mol. The van der Waals surface area contributed by atoms with Gasteiger partial charge in [0.2, 0.25) is 0 Å². The van der Waals surface area contributed by atoms with Crippen molar-refractivity contribution in [3.63, 3.8) is 0 Å². The summed E-state index contributed by atoms with van der Waals surface area (Å²) in [5.74, 6) is 0.603. The van der Waals surface area contributed by atoms with Gasteiger partial charge >= 0.3 is 0 Å². The summed E-state index contributed by atoms with van der Waals surface area (Å²) in [6.45, 7) is 10.6. The molecule has 6 heteroatoms. The SMILES string of the molecule is CCOc1ccc(NC(C)C(=O)N/N=C/c2ccc(N(CC)CC)cc2)cc1. The fourth-order valence-electron chi connectivity index (χ4n) is 2.76. The first-order chi connectivity index (χ1) is 13.6. The lowest BCUT2D eigenvalue weighted by Crippen LogP contribution is -2.34. The van der Waals surface area contributed by atoms with E-state index in [4.69, 9.17) is 4.74 Å². The molecule has 1 atom stereocenters. The van der Waals surface area contributed by atoms with Crippen LogP contribution in [-0.4, -0.2) is 37.9 Å². The van der Waals surface area contributed by atoms with Gasteiger partial charge in [-0.2, -0.15) is 5.10 Å². The second-order valence-corrected chi connectivity index (χ2v) is 6.32. The van der Waals surface area contributed by atoms with Gasteiger partial charge in [-0.05, 0) is 69.7 Å². The number of hydrogen-bond acceptors (Lipinski definition) is 5. The van der Waals surface area contributed by atoms with Crippen LogP contribution in [0.2, 0.25) is 0 Å². The highest BCUT2D eigenvalue weighted by atomic mass is 16.5.